The summed E-state index contributed by atoms with van der Waals surface area (Å²) in [5.74, 6) is 0.956. The van der Waals surface area contributed by atoms with E-state index in [4.69, 9.17) is 12.2 Å². The maximum Gasteiger partial charge on any atom is 0.248 e. The van der Waals surface area contributed by atoms with Crippen LogP contribution in [0.25, 0.3) is 11.4 Å². The van der Waals surface area contributed by atoms with Crippen LogP contribution in [0.5, 0.6) is 0 Å². The second kappa shape index (κ2) is 10.6. The molecule has 1 aliphatic rings. The van der Waals surface area contributed by atoms with Crippen LogP contribution in [0.15, 0.2) is 29.4 Å². The lowest BCUT2D eigenvalue weighted by Crippen LogP contribution is -2.47. The van der Waals surface area contributed by atoms with E-state index in [1.807, 2.05) is 6.92 Å². The first kappa shape index (κ1) is 21.6. The Morgan fingerprint density at radius 2 is 1.90 bits per heavy atom. The van der Waals surface area contributed by atoms with Crippen molar-refractivity contribution >= 4 is 35.0 Å². The van der Waals surface area contributed by atoms with Crippen LogP contribution in [0.2, 0.25) is 0 Å². The average molecular weight is 433 g/mol. The van der Waals surface area contributed by atoms with Crippen LogP contribution in [0.4, 0.5) is 0 Å². The molecule has 3 rings (SSSR count). The van der Waals surface area contributed by atoms with Crippen LogP contribution in [0.1, 0.15) is 50.6 Å². The fourth-order valence-electron chi connectivity index (χ4n) is 3.44. The van der Waals surface area contributed by atoms with E-state index in [1.165, 1.54) is 36.6 Å². The summed E-state index contributed by atoms with van der Waals surface area (Å²) in [6.07, 6.45) is 5.95. The Bertz CT molecular complexity index is 830. The van der Waals surface area contributed by atoms with Crippen LogP contribution in [-0.2, 0) is 4.79 Å². The number of thiocarbonyl (C=S) groups is 1. The zero-order chi connectivity index (χ0) is 20.6. The highest BCUT2D eigenvalue weighted by Crippen LogP contribution is 2.35. The number of carbonyl (C=O) groups excluding carboxylic acids is 1. The molecule has 0 spiro atoms. The second-order valence-electron chi connectivity index (χ2n) is 7.16. The van der Waals surface area contributed by atoms with Gasteiger partial charge in [-0.25, -0.2) is 0 Å². The SMILES string of the molecule is CCNC(=S)NNC(=O)CSc1nnc(-c2ccc(C)cc2)n1C1CCCCC1. The fourth-order valence-corrected chi connectivity index (χ4v) is 4.44. The van der Waals surface area contributed by atoms with E-state index in [2.05, 4.69) is 62.1 Å². The number of nitrogens with zero attached hydrogens (tertiary/aromatic N) is 3. The maximum atomic E-state index is 12.2. The summed E-state index contributed by atoms with van der Waals surface area (Å²) in [7, 11) is 0. The smallest absolute Gasteiger partial charge is 0.248 e. The number of benzene rings is 1. The van der Waals surface area contributed by atoms with Gasteiger partial charge < -0.3 is 5.32 Å². The Balaban J connectivity index is 1.73. The predicted octanol–water partition coefficient (Wildman–Crippen LogP) is 3.37. The quantitative estimate of drug-likeness (QED) is 0.367. The summed E-state index contributed by atoms with van der Waals surface area (Å²) in [6, 6.07) is 8.74. The van der Waals surface area contributed by atoms with Crippen molar-refractivity contribution in [3.05, 3.63) is 29.8 Å². The lowest BCUT2D eigenvalue weighted by atomic mass is 9.95. The van der Waals surface area contributed by atoms with E-state index in [0.29, 0.717) is 17.7 Å². The van der Waals surface area contributed by atoms with Crippen molar-refractivity contribution < 1.29 is 4.79 Å². The molecule has 0 bridgehead atoms. The van der Waals surface area contributed by atoms with Gasteiger partial charge in [-0.3, -0.25) is 20.2 Å². The molecule has 1 aromatic carbocycles. The number of hydrazine groups is 1. The molecule has 0 saturated heterocycles. The topological polar surface area (TPSA) is 83.9 Å². The number of hydrogen-bond acceptors (Lipinski definition) is 5. The number of aromatic nitrogens is 3. The molecule has 0 unspecified atom stereocenters. The molecule has 0 aliphatic heterocycles. The molecule has 1 aromatic heterocycles. The summed E-state index contributed by atoms with van der Waals surface area (Å²) < 4.78 is 2.23. The molecule has 1 saturated carbocycles. The Labute approximate surface area is 181 Å². The second-order valence-corrected chi connectivity index (χ2v) is 8.51. The highest BCUT2D eigenvalue weighted by molar-refractivity contribution is 7.99. The van der Waals surface area contributed by atoms with Gasteiger partial charge in [-0.2, -0.15) is 0 Å². The van der Waals surface area contributed by atoms with Crippen LogP contribution >= 0.6 is 24.0 Å². The minimum atomic E-state index is -0.162. The van der Waals surface area contributed by atoms with Gasteiger partial charge in [0.25, 0.3) is 0 Å². The number of thioether (sulfide) groups is 1. The molecule has 0 atom stereocenters. The predicted molar refractivity (Wildman–Crippen MR) is 121 cm³/mol. The normalized spacial score (nSPS) is 14.4. The van der Waals surface area contributed by atoms with E-state index in [-0.39, 0.29) is 11.7 Å². The van der Waals surface area contributed by atoms with E-state index < -0.39 is 0 Å². The molecular weight excluding hydrogens is 404 g/mol. The first-order valence-corrected chi connectivity index (χ1v) is 11.4. The van der Waals surface area contributed by atoms with Crippen molar-refractivity contribution in [2.24, 2.45) is 0 Å². The molecule has 156 valence electrons. The van der Waals surface area contributed by atoms with Crippen LogP contribution in [0, 0.1) is 6.92 Å². The third kappa shape index (κ3) is 5.93. The summed E-state index contributed by atoms with van der Waals surface area (Å²) in [6.45, 7) is 4.71. The molecule has 9 heteroatoms. The van der Waals surface area contributed by atoms with E-state index >= 15 is 0 Å². The largest absolute Gasteiger partial charge is 0.362 e. The molecule has 1 amide bonds. The molecule has 2 aromatic rings. The lowest BCUT2D eigenvalue weighted by Gasteiger charge is -2.25. The van der Waals surface area contributed by atoms with Crippen molar-refractivity contribution in [2.45, 2.75) is 57.1 Å². The van der Waals surface area contributed by atoms with Gasteiger partial charge in [0.15, 0.2) is 16.1 Å². The maximum absolute atomic E-state index is 12.2. The van der Waals surface area contributed by atoms with Crippen molar-refractivity contribution in [2.75, 3.05) is 12.3 Å². The molecule has 1 fully saturated rings. The first-order valence-electron chi connectivity index (χ1n) is 10.1. The Hall–Kier alpha value is -2.13. The number of rotatable bonds is 6. The van der Waals surface area contributed by atoms with Crippen LogP contribution in [0.3, 0.4) is 0 Å². The van der Waals surface area contributed by atoms with Gasteiger partial charge in [0, 0.05) is 18.2 Å². The van der Waals surface area contributed by atoms with E-state index in [9.17, 15) is 4.79 Å². The van der Waals surface area contributed by atoms with Crippen LogP contribution in [-0.4, -0.2) is 38.1 Å². The first-order chi connectivity index (χ1) is 14.1. The van der Waals surface area contributed by atoms with Gasteiger partial charge in [-0.05, 0) is 38.9 Å². The Morgan fingerprint density at radius 1 is 1.17 bits per heavy atom. The molecule has 1 heterocycles. The molecule has 0 radical (unpaired) electrons. The van der Waals surface area contributed by atoms with Gasteiger partial charge in [-0.15, -0.1) is 10.2 Å². The van der Waals surface area contributed by atoms with Gasteiger partial charge in [0.2, 0.25) is 5.91 Å². The Kier molecular flexibility index (Phi) is 7.88. The number of hydrogen-bond donors (Lipinski definition) is 3. The van der Waals surface area contributed by atoms with Crippen LogP contribution < -0.4 is 16.2 Å². The minimum Gasteiger partial charge on any atom is -0.362 e. The van der Waals surface area contributed by atoms with E-state index in [0.717, 1.165) is 29.4 Å². The average Bonchev–Trinajstić information content (AvgIpc) is 3.16. The summed E-state index contributed by atoms with van der Waals surface area (Å²) in [5, 5.41) is 13.0. The molecule has 7 nitrogen and oxygen atoms in total. The van der Waals surface area contributed by atoms with Crippen molar-refractivity contribution in [3.63, 3.8) is 0 Å². The third-order valence-corrected chi connectivity index (χ3v) is 6.09. The summed E-state index contributed by atoms with van der Waals surface area (Å²) in [5.41, 5.74) is 7.58. The highest BCUT2D eigenvalue weighted by Gasteiger charge is 2.24. The summed E-state index contributed by atoms with van der Waals surface area (Å²) in [4.78, 5) is 12.2. The molecule has 1 aliphatic carbocycles. The molecule has 3 N–H and O–H groups in total. The van der Waals surface area contributed by atoms with Gasteiger partial charge >= 0.3 is 0 Å². The van der Waals surface area contributed by atoms with Gasteiger partial charge in [0.1, 0.15) is 0 Å². The van der Waals surface area contributed by atoms with Gasteiger partial charge in [-0.1, -0.05) is 60.9 Å². The van der Waals surface area contributed by atoms with Gasteiger partial charge in [0.05, 0.1) is 5.75 Å². The zero-order valence-electron chi connectivity index (χ0n) is 16.9. The minimum absolute atomic E-state index is 0.162. The third-order valence-electron chi connectivity index (χ3n) is 4.90. The Morgan fingerprint density at radius 3 is 2.59 bits per heavy atom. The standard InChI is InChI=1S/C20H28N6OS2/c1-3-21-19(28)24-22-17(27)13-29-20-25-23-18(15-11-9-14(2)10-12-15)26(20)16-7-5-4-6-8-16/h9-12,16H,3-8,13H2,1-2H3,(H,22,27)(H2,21,24,28). The monoisotopic (exact) mass is 432 g/mol. The molecular formula is C20H28N6OS2. The lowest BCUT2D eigenvalue weighted by molar-refractivity contribution is -0.119. The van der Waals surface area contributed by atoms with E-state index in [1.54, 1.807) is 0 Å². The van der Waals surface area contributed by atoms with Crippen molar-refractivity contribution in [1.82, 2.24) is 30.9 Å². The number of nitrogens with one attached hydrogen (secondary N) is 3. The van der Waals surface area contributed by atoms with Crippen molar-refractivity contribution in [1.29, 1.82) is 0 Å². The number of carbonyl (C=O) groups is 1. The highest BCUT2D eigenvalue weighted by atomic mass is 32.2. The number of amides is 1. The summed E-state index contributed by atoms with van der Waals surface area (Å²) >= 11 is 6.46. The number of aryl methyl sites for hydroxylation is 1. The molecule has 29 heavy (non-hydrogen) atoms. The van der Waals surface area contributed by atoms with Crippen molar-refractivity contribution in [3.8, 4) is 11.4 Å². The zero-order valence-corrected chi connectivity index (χ0v) is 18.5. The fraction of sp³-hybridized carbons (Fsp3) is 0.500.